The first-order chi connectivity index (χ1) is 23.4. The summed E-state index contributed by atoms with van der Waals surface area (Å²) >= 11 is 0. The summed E-state index contributed by atoms with van der Waals surface area (Å²) in [4.78, 5) is 89.1. The normalized spacial score (nSPS) is 16.2. The van der Waals surface area contributed by atoms with Gasteiger partial charge in [0.1, 0.15) is 6.29 Å². The Morgan fingerprint density at radius 3 is 1.57 bits per heavy atom. The summed E-state index contributed by atoms with van der Waals surface area (Å²) in [6.07, 6.45) is 4.63. The van der Waals surface area contributed by atoms with Crippen LogP contribution in [0.1, 0.15) is 12.5 Å². The predicted octanol–water partition coefficient (Wildman–Crippen LogP) is -1.08. The fourth-order valence-electron chi connectivity index (χ4n) is 4.77. The third kappa shape index (κ3) is 17.1. The van der Waals surface area contributed by atoms with Crippen molar-refractivity contribution in [3.63, 3.8) is 0 Å². The fraction of sp³-hybridized carbons (Fsp3) is 0.469. The van der Waals surface area contributed by atoms with Crippen LogP contribution in [-0.2, 0) is 38.3 Å². The molecule has 49 heavy (non-hydrogen) atoms. The van der Waals surface area contributed by atoms with Gasteiger partial charge in [-0.1, -0.05) is 18.2 Å². The van der Waals surface area contributed by atoms with E-state index in [1.165, 1.54) is 6.08 Å². The molecule has 1 saturated heterocycles. The fourth-order valence-corrected chi connectivity index (χ4v) is 4.77. The monoisotopic (exact) mass is 688 g/mol. The topological polar surface area (TPSA) is 226 Å². The molecule has 1 aromatic carbocycles. The van der Waals surface area contributed by atoms with E-state index >= 15 is 0 Å². The second-order valence-electron chi connectivity index (χ2n) is 11.0. The number of aliphatic carboxylic acids is 3. The number of aldehydes is 1. The Morgan fingerprint density at radius 1 is 0.714 bits per heavy atom. The van der Waals surface area contributed by atoms with Crippen LogP contribution in [-0.4, -0.2) is 169 Å². The van der Waals surface area contributed by atoms with Crippen LogP contribution in [0.4, 0.5) is 5.69 Å². The van der Waals surface area contributed by atoms with E-state index in [-0.39, 0.29) is 97.3 Å². The van der Waals surface area contributed by atoms with Crippen molar-refractivity contribution in [3.05, 3.63) is 47.6 Å². The number of carboxylic acids is 3. The molecule has 268 valence electrons. The van der Waals surface area contributed by atoms with Crippen molar-refractivity contribution in [1.29, 1.82) is 0 Å². The second-order valence-corrected chi connectivity index (χ2v) is 11.0. The number of benzene rings is 1. The first kappa shape index (κ1) is 40.2. The van der Waals surface area contributed by atoms with Crippen LogP contribution >= 0.6 is 0 Å². The Kier molecular flexibility index (Phi) is 17.9. The lowest BCUT2D eigenvalue weighted by atomic mass is 10.1. The molecular weight excluding hydrogens is 644 g/mol. The van der Waals surface area contributed by atoms with E-state index in [0.717, 1.165) is 6.08 Å². The van der Waals surface area contributed by atoms with Crippen molar-refractivity contribution in [1.82, 2.24) is 24.9 Å². The van der Waals surface area contributed by atoms with E-state index in [1.54, 1.807) is 56.9 Å². The molecule has 1 aliphatic heterocycles. The number of carbonyl (C=O) groups excluding carboxylic acids is 4. The van der Waals surface area contributed by atoms with E-state index < -0.39 is 35.7 Å². The van der Waals surface area contributed by atoms with Gasteiger partial charge in [-0.2, -0.15) is 0 Å². The molecule has 1 aromatic rings. The van der Waals surface area contributed by atoms with Crippen LogP contribution in [0.3, 0.4) is 0 Å². The van der Waals surface area contributed by atoms with Gasteiger partial charge in [0.25, 0.3) is 0 Å². The molecule has 0 aliphatic carbocycles. The molecule has 2 amide bonds. The SMILES string of the molecule is CCOC(=O)C(/C=C/c1ccc(NC(=O)CNC(=O)CN2CCN(CC(=O)O)CCN(CC(=O)O)CCN(CC(=O)O)CC2)cc1)=C/C=O. The number of rotatable bonds is 16. The third-order valence-corrected chi connectivity index (χ3v) is 7.23. The van der Waals surface area contributed by atoms with E-state index in [4.69, 9.17) is 4.74 Å². The highest BCUT2D eigenvalue weighted by atomic mass is 16.5. The Labute approximate surface area is 283 Å². The van der Waals surface area contributed by atoms with Crippen molar-refractivity contribution in [3.8, 4) is 0 Å². The van der Waals surface area contributed by atoms with Gasteiger partial charge in [0, 0.05) is 58.0 Å². The van der Waals surface area contributed by atoms with Gasteiger partial charge >= 0.3 is 23.9 Å². The van der Waals surface area contributed by atoms with Crippen LogP contribution in [0, 0.1) is 0 Å². The summed E-state index contributed by atoms with van der Waals surface area (Å²) in [6, 6.07) is 6.60. The maximum atomic E-state index is 12.8. The first-order valence-corrected chi connectivity index (χ1v) is 15.6. The largest absolute Gasteiger partial charge is 0.480 e. The molecule has 1 aliphatic rings. The van der Waals surface area contributed by atoms with Gasteiger partial charge < -0.3 is 30.7 Å². The van der Waals surface area contributed by atoms with Crippen molar-refractivity contribution in [2.24, 2.45) is 0 Å². The highest BCUT2D eigenvalue weighted by molar-refractivity contribution is 5.97. The van der Waals surface area contributed by atoms with Gasteiger partial charge in [0.05, 0.1) is 44.9 Å². The summed E-state index contributed by atoms with van der Waals surface area (Å²) in [5, 5.41) is 33.3. The molecule has 0 atom stereocenters. The van der Waals surface area contributed by atoms with Gasteiger partial charge in [0.2, 0.25) is 11.8 Å². The van der Waals surface area contributed by atoms with Crippen LogP contribution in [0.15, 0.2) is 42.0 Å². The average molecular weight is 689 g/mol. The third-order valence-electron chi connectivity index (χ3n) is 7.23. The van der Waals surface area contributed by atoms with E-state index in [1.807, 2.05) is 0 Å². The molecule has 17 heteroatoms. The number of carbonyl (C=O) groups is 7. The van der Waals surface area contributed by atoms with Gasteiger partial charge in [0.15, 0.2) is 0 Å². The lowest BCUT2D eigenvalue weighted by Crippen LogP contribution is -2.50. The molecule has 0 aromatic heterocycles. The number of hydrogen-bond acceptors (Lipinski definition) is 12. The predicted molar refractivity (Wildman–Crippen MR) is 177 cm³/mol. The number of nitrogens with one attached hydrogen (secondary N) is 2. The number of amides is 2. The molecule has 1 heterocycles. The molecule has 17 nitrogen and oxygen atoms in total. The van der Waals surface area contributed by atoms with Crippen molar-refractivity contribution in [2.75, 3.05) is 97.0 Å². The summed E-state index contributed by atoms with van der Waals surface area (Å²) in [5.74, 6) is -4.75. The maximum absolute atomic E-state index is 12.8. The number of anilines is 1. The van der Waals surface area contributed by atoms with Gasteiger partial charge in [-0.3, -0.25) is 48.4 Å². The summed E-state index contributed by atoms with van der Waals surface area (Å²) in [7, 11) is 0. The molecular formula is C32H44N6O11. The molecule has 0 spiro atoms. The maximum Gasteiger partial charge on any atom is 0.338 e. The van der Waals surface area contributed by atoms with Crippen molar-refractivity contribution >= 4 is 53.7 Å². The van der Waals surface area contributed by atoms with Gasteiger partial charge in [-0.25, -0.2) is 4.79 Å². The smallest absolute Gasteiger partial charge is 0.338 e. The quantitative estimate of drug-likeness (QED) is 0.0603. The van der Waals surface area contributed by atoms with Crippen molar-refractivity contribution in [2.45, 2.75) is 6.92 Å². The number of allylic oxidation sites excluding steroid dienone is 1. The minimum Gasteiger partial charge on any atom is -0.480 e. The molecule has 1 fully saturated rings. The standard InChI is InChI=1S/C32H44N6O11/c1-2-49-32(48)25(9-18-39)6-3-24-4-7-26(8-5-24)34-27(40)19-33-28(41)20-35-10-12-36(21-29(42)43)14-16-38(23-31(46)47)17-15-37(13-11-35)22-30(44)45/h3-9,18H,2,10-17,19-23H2,1H3,(H,33,41)(H,34,40)(H,42,43)(H,44,45)(H,46,47)/b6-3+,25-9+. The summed E-state index contributed by atoms with van der Waals surface area (Å²) in [6.45, 7) is 2.56. The molecule has 5 N–H and O–H groups in total. The number of ether oxygens (including phenoxy) is 1. The van der Waals surface area contributed by atoms with Crippen molar-refractivity contribution < 1.29 is 53.6 Å². The Balaban J connectivity index is 1.98. The zero-order chi connectivity index (χ0) is 36.2. The lowest BCUT2D eigenvalue weighted by Gasteiger charge is -2.32. The zero-order valence-electron chi connectivity index (χ0n) is 27.4. The molecule has 0 unspecified atom stereocenters. The van der Waals surface area contributed by atoms with Crippen LogP contribution in [0.25, 0.3) is 6.08 Å². The Morgan fingerprint density at radius 2 is 1.16 bits per heavy atom. The Hall–Kier alpha value is -4.97. The summed E-state index contributed by atoms with van der Waals surface area (Å²) in [5.41, 5.74) is 1.21. The van der Waals surface area contributed by atoms with E-state index in [0.29, 0.717) is 17.5 Å². The zero-order valence-corrected chi connectivity index (χ0v) is 27.4. The number of nitrogens with zero attached hydrogens (tertiary/aromatic N) is 4. The minimum atomic E-state index is -1.05. The van der Waals surface area contributed by atoms with Crippen LogP contribution in [0.5, 0.6) is 0 Å². The van der Waals surface area contributed by atoms with Crippen LogP contribution in [0.2, 0.25) is 0 Å². The van der Waals surface area contributed by atoms with E-state index in [2.05, 4.69) is 10.6 Å². The highest BCUT2D eigenvalue weighted by Gasteiger charge is 2.21. The van der Waals surface area contributed by atoms with Gasteiger partial charge in [-0.15, -0.1) is 0 Å². The average Bonchev–Trinajstić information content (AvgIpc) is 3.03. The second kappa shape index (κ2) is 21.8. The van der Waals surface area contributed by atoms with Crippen LogP contribution < -0.4 is 10.6 Å². The number of esters is 1. The number of hydrogen-bond donors (Lipinski definition) is 5. The molecule has 0 radical (unpaired) electrons. The highest BCUT2D eigenvalue weighted by Crippen LogP contribution is 2.12. The number of carboxylic acid groups (broad SMARTS) is 3. The lowest BCUT2D eigenvalue weighted by molar-refractivity contribution is -0.140. The molecule has 2 rings (SSSR count). The minimum absolute atomic E-state index is 0.0807. The van der Waals surface area contributed by atoms with E-state index in [9.17, 15) is 48.9 Å². The van der Waals surface area contributed by atoms with Gasteiger partial charge in [-0.05, 0) is 36.8 Å². The summed E-state index contributed by atoms with van der Waals surface area (Å²) < 4.78 is 4.91. The first-order valence-electron chi connectivity index (χ1n) is 15.6. The molecule has 0 saturated carbocycles. The molecule has 0 bridgehead atoms. The Bertz CT molecular complexity index is 1330.